The first-order chi connectivity index (χ1) is 6.52. The van der Waals surface area contributed by atoms with Gasteiger partial charge in [0.2, 0.25) is 11.8 Å². The molecule has 0 saturated carbocycles. The molecule has 0 spiro atoms. The summed E-state index contributed by atoms with van der Waals surface area (Å²) in [6.45, 7) is 5.38. The molecule has 14 heavy (non-hydrogen) atoms. The number of rotatable bonds is 5. The zero-order valence-electron chi connectivity index (χ0n) is 8.63. The molecule has 0 aromatic heterocycles. The van der Waals surface area contributed by atoms with Gasteiger partial charge in [-0.2, -0.15) is 5.48 Å². The Balaban J connectivity index is 3.99. The van der Waals surface area contributed by atoms with Crippen molar-refractivity contribution < 1.29 is 14.8 Å². The molecule has 2 amide bonds. The molecule has 0 radical (unpaired) electrons. The maximum atomic E-state index is 11.2. The first-order valence-electron chi connectivity index (χ1n) is 4.50. The van der Waals surface area contributed by atoms with E-state index in [0.29, 0.717) is 6.54 Å². The molecule has 0 fully saturated rings. The molecular weight excluding hydrogens is 186 g/mol. The molecule has 0 aliphatic rings. The maximum Gasteiger partial charge on any atom is 0.242 e. The highest BCUT2D eigenvalue weighted by molar-refractivity contribution is 5.89. The Morgan fingerprint density at radius 1 is 1.21 bits per heavy atom. The Morgan fingerprint density at radius 2 is 1.79 bits per heavy atom. The number of carbonyl (C=O) groups excluding carboxylic acids is 2. The molecule has 0 bridgehead atoms. The van der Waals surface area contributed by atoms with Crippen molar-refractivity contribution in [2.45, 2.75) is 32.9 Å². The van der Waals surface area contributed by atoms with Gasteiger partial charge >= 0.3 is 0 Å². The van der Waals surface area contributed by atoms with Crippen LogP contribution in [0.5, 0.6) is 0 Å². The minimum absolute atomic E-state index is 0.244. The smallest absolute Gasteiger partial charge is 0.242 e. The van der Waals surface area contributed by atoms with Crippen LogP contribution in [0.1, 0.15) is 20.8 Å². The van der Waals surface area contributed by atoms with Crippen molar-refractivity contribution in [2.24, 2.45) is 0 Å². The number of hydrogen-bond acceptors (Lipinski definition) is 4. The number of likely N-dealkylation sites (N-methyl/N-ethyl adjacent to an activating group) is 1. The molecule has 1 unspecified atom stereocenters. The molecule has 0 heterocycles. The third-order valence-corrected chi connectivity index (χ3v) is 1.69. The zero-order valence-corrected chi connectivity index (χ0v) is 8.63. The highest BCUT2D eigenvalue weighted by Gasteiger charge is 2.18. The SMILES string of the molecule is CCNC(=O)C(C)NC(=O)[C@H](C)NO. The lowest BCUT2D eigenvalue weighted by atomic mass is 10.2. The van der Waals surface area contributed by atoms with Gasteiger partial charge in [-0.1, -0.05) is 0 Å². The first-order valence-corrected chi connectivity index (χ1v) is 4.50. The molecule has 82 valence electrons. The van der Waals surface area contributed by atoms with Crippen LogP contribution in [0.4, 0.5) is 0 Å². The molecule has 4 N–H and O–H groups in total. The summed E-state index contributed by atoms with van der Waals surface area (Å²) in [5, 5.41) is 13.5. The second kappa shape index (κ2) is 6.33. The summed E-state index contributed by atoms with van der Waals surface area (Å²) in [6, 6.07) is -1.33. The quantitative estimate of drug-likeness (QED) is 0.431. The molecule has 0 rings (SSSR count). The molecule has 0 saturated heterocycles. The predicted octanol–water partition coefficient (Wildman–Crippen LogP) is -1.01. The van der Waals surface area contributed by atoms with Crippen molar-refractivity contribution in [3.8, 4) is 0 Å². The Bertz CT molecular complexity index is 208. The van der Waals surface area contributed by atoms with Crippen LogP contribution in [0.25, 0.3) is 0 Å². The van der Waals surface area contributed by atoms with Gasteiger partial charge in [-0.15, -0.1) is 0 Å². The van der Waals surface area contributed by atoms with Crippen molar-refractivity contribution in [2.75, 3.05) is 6.54 Å². The van der Waals surface area contributed by atoms with Crippen molar-refractivity contribution in [3.63, 3.8) is 0 Å². The normalized spacial score (nSPS) is 14.3. The molecule has 0 aromatic rings. The van der Waals surface area contributed by atoms with Gasteiger partial charge in [0.25, 0.3) is 0 Å². The van der Waals surface area contributed by atoms with Crippen LogP contribution in [0.2, 0.25) is 0 Å². The number of amides is 2. The monoisotopic (exact) mass is 203 g/mol. The lowest BCUT2D eigenvalue weighted by molar-refractivity contribution is -0.130. The van der Waals surface area contributed by atoms with Crippen LogP contribution in [0.3, 0.4) is 0 Å². The van der Waals surface area contributed by atoms with Gasteiger partial charge in [-0.05, 0) is 20.8 Å². The van der Waals surface area contributed by atoms with Crippen LogP contribution >= 0.6 is 0 Å². The summed E-state index contributed by atoms with van der Waals surface area (Å²) in [5.41, 5.74) is 1.80. The minimum Gasteiger partial charge on any atom is -0.355 e. The van der Waals surface area contributed by atoms with Crippen molar-refractivity contribution in [1.82, 2.24) is 16.1 Å². The second-order valence-electron chi connectivity index (χ2n) is 2.98. The van der Waals surface area contributed by atoms with E-state index in [9.17, 15) is 9.59 Å². The molecule has 0 aliphatic heterocycles. The Hall–Kier alpha value is -1.14. The van der Waals surface area contributed by atoms with E-state index >= 15 is 0 Å². The second-order valence-corrected chi connectivity index (χ2v) is 2.98. The third-order valence-electron chi connectivity index (χ3n) is 1.69. The summed E-state index contributed by atoms with van der Waals surface area (Å²) in [4.78, 5) is 22.4. The molecule has 6 heteroatoms. The number of hydroxylamine groups is 1. The highest BCUT2D eigenvalue weighted by Crippen LogP contribution is 1.85. The van der Waals surface area contributed by atoms with E-state index in [1.807, 2.05) is 0 Å². The van der Waals surface area contributed by atoms with Crippen LogP contribution in [0.15, 0.2) is 0 Å². The standard InChI is InChI=1S/C8H17N3O3/c1-4-9-7(12)5(2)10-8(13)6(3)11-14/h5-6,11,14H,4H2,1-3H3,(H,9,12)(H,10,13)/t5?,6-/m0/s1. The number of carbonyl (C=O) groups is 2. The molecule has 0 aliphatic carbocycles. The minimum atomic E-state index is -0.730. The molecule has 6 nitrogen and oxygen atoms in total. The van der Waals surface area contributed by atoms with E-state index in [-0.39, 0.29) is 5.91 Å². The van der Waals surface area contributed by atoms with Gasteiger partial charge in [0.1, 0.15) is 12.1 Å². The predicted molar refractivity (Wildman–Crippen MR) is 50.7 cm³/mol. The van der Waals surface area contributed by atoms with Crippen LogP contribution in [-0.2, 0) is 9.59 Å². The van der Waals surface area contributed by atoms with Crippen LogP contribution in [-0.4, -0.2) is 35.7 Å². The maximum absolute atomic E-state index is 11.2. The molecule has 2 atom stereocenters. The van der Waals surface area contributed by atoms with Crippen molar-refractivity contribution in [1.29, 1.82) is 0 Å². The van der Waals surface area contributed by atoms with Crippen molar-refractivity contribution in [3.05, 3.63) is 0 Å². The van der Waals surface area contributed by atoms with Gasteiger partial charge in [-0.3, -0.25) is 9.59 Å². The van der Waals surface area contributed by atoms with Crippen molar-refractivity contribution >= 4 is 11.8 Å². The van der Waals surface area contributed by atoms with E-state index in [2.05, 4.69) is 10.6 Å². The molecular formula is C8H17N3O3. The average Bonchev–Trinajstić information content (AvgIpc) is 2.16. The van der Waals surface area contributed by atoms with E-state index in [4.69, 9.17) is 5.21 Å². The zero-order chi connectivity index (χ0) is 11.1. The Kier molecular flexibility index (Phi) is 5.82. The van der Waals surface area contributed by atoms with Crippen LogP contribution < -0.4 is 16.1 Å². The average molecular weight is 203 g/mol. The lowest BCUT2D eigenvalue weighted by Crippen LogP contribution is -2.50. The van der Waals surface area contributed by atoms with E-state index in [1.54, 1.807) is 19.3 Å². The fraction of sp³-hybridized carbons (Fsp3) is 0.750. The van der Waals surface area contributed by atoms with E-state index < -0.39 is 18.0 Å². The van der Waals surface area contributed by atoms with Gasteiger partial charge in [0.05, 0.1) is 0 Å². The number of hydrogen-bond donors (Lipinski definition) is 4. The van der Waals surface area contributed by atoms with Gasteiger partial charge < -0.3 is 15.8 Å². The lowest BCUT2D eigenvalue weighted by Gasteiger charge is -2.15. The van der Waals surface area contributed by atoms with Gasteiger partial charge in [0.15, 0.2) is 0 Å². The third kappa shape index (κ3) is 4.20. The summed E-state index contributed by atoms with van der Waals surface area (Å²) >= 11 is 0. The summed E-state index contributed by atoms with van der Waals surface area (Å²) < 4.78 is 0. The first kappa shape index (κ1) is 12.9. The number of nitrogens with one attached hydrogen (secondary N) is 3. The fourth-order valence-electron chi connectivity index (χ4n) is 0.790. The topological polar surface area (TPSA) is 90.5 Å². The Morgan fingerprint density at radius 3 is 2.21 bits per heavy atom. The summed E-state index contributed by atoms with van der Waals surface area (Å²) in [6.07, 6.45) is 0. The van der Waals surface area contributed by atoms with Gasteiger partial charge in [0, 0.05) is 6.54 Å². The summed E-state index contributed by atoms with van der Waals surface area (Å²) in [5.74, 6) is -0.669. The summed E-state index contributed by atoms with van der Waals surface area (Å²) in [7, 11) is 0. The Labute approximate surface area is 83.0 Å². The van der Waals surface area contributed by atoms with Gasteiger partial charge in [-0.25, -0.2) is 0 Å². The fourth-order valence-corrected chi connectivity index (χ4v) is 0.790. The van der Waals surface area contributed by atoms with E-state index in [1.165, 1.54) is 6.92 Å². The van der Waals surface area contributed by atoms with E-state index in [0.717, 1.165) is 0 Å². The molecule has 0 aromatic carbocycles. The van der Waals surface area contributed by atoms with Crippen LogP contribution in [0, 0.1) is 0 Å². The highest BCUT2D eigenvalue weighted by atomic mass is 16.5. The largest absolute Gasteiger partial charge is 0.355 e.